The third-order valence-corrected chi connectivity index (χ3v) is 3.73. The lowest BCUT2D eigenvalue weighted by Gasteiger charge is -2.10. The van der Waals surface area contributed by atoms with Gasteiger partial charge in [0.1, 0.15) is 0 Å². The van der Waals surface area contributed by atoms with Crippen LogP contribution in [0, 0.1) is 0 Å². The molecule has 2 heterocycles. The predicted molar refractivity (Wildman–Crippen MR) is 82.0 cm³/mol. The van der Waals surface area contributed by atoms with Crippen LogP contribution < -0.4 is 5.56 Å². The normalized spacial score (nSPS) is 11.1. The quantitative estimate of drug-likeness (QED) is 0.713. The van der Waals surface area contributed by atoms with Gasteiger partial charge < -0.3 is 9.13 Å². The lowest BCUT2D eigenvalue weighted by molar-refractivity contribution is 0.576. The first-order chi connectivity index (χ1) is 9.79. The third-order valence-electron chi connectivity index (χ3n) is 3.73. The molecule has 0 amide bonds. The Hall–Kier alpha value is -2.29. The number of hydrogen-bond donors (Lipinski definition) is 0. The Morgan fingerprint density at radius 3 is 2.55 bits per heavy atom. The van der Waals surface area contributed by atoms with E-state index in [4.69, 9.17) is 0 Å². The Kier molecular flexibility index (Phi) is 3.42. The second-order valence-corrected chi connectivity index (χ2v) is 4.95. The minimum Gasteiger partial charge on any atom is -0.345 e. The van der Waals surface area contributed by atoms with Crippen molar-refractivity contribution in [2.75, 3.05) is 0 Å². The molecule has 3 rings (SSSR count). The zero-order valence-corrected chi connectivity index (χ0v) is 11.6. The van der Waals surface area contributed by atoms with E-state index in [2.05, 4.69) is 42.0 Å². The Morgan fingerprint density at radius 2 is 1.75 bits per heavy atom. The third kappa shape index (κ3) is 2.27. The number of pyridine rings is 1. The van der Waals surface area contributed by atoms with Gasteiger partial charge in [-0.25, -0.2) is 0 Å². The highest BCUT2D eigenvalue weighted by molar-refractivity contribution is 5.83. The van der Waals surface area contributed by atoms with Crippen LogP contribution in [-0.2, 0) is 19.5 Å². The fraction of sp³-hybridized carbons (Fsp3) is 0.235. The van der Waals surface area contributed by atoms with Crippen LogP contribution in [0.3, 0.4) is 0 Å². The molecule has 3 heteroatoms. The smallest absolute Gasteiger partial charge is 0.250 e. The summed E-state index contributed by atoms with van der Waals surface area (Å²) in [5, 5.41) is 1.27. The lowest BCUT2D eigenvalue weighted by atomic mass is 10.1. The molecule has 0 atom stereocenters. The maximum Gasteiger partial charge on any atom is 0.250 e. The second kappa shape index (κ2) is 5.37. The Balaban J connectivity index is 1.92. The first kappa shape index (κ1) is 12.7. The number of aryl methyl sites for hydroxylation is 3. The second-order valence-electron chi connectivity index (χ2n) is 4.95. The summed E-state index contributed by atoms with van der Waals surface area (Å²) in [6.45, 7) is 3.68. The molecular weight excluding hydrogens is 248 g/mol. The van der Waals surface area contributed by atoms with Gasteiger partial charge in [-0.15, -0.1) is 0 Å². The van der Waals surface area contributed by atoms with Crippen molar-refractivity contribution in [2.24, 2.45) is 0 Å². The maximum atomic E-state index is 11.7. The van der Waals surface area contributed by atoms with E-state index in [9.17, 15) is 4.79 Å². The van der Waals surface area contributed by atoms with Gasteiger partial charge in [-0.2, -0.15) is 0 Å². The van der Waals surface area contributed by atoms with E-state index in [1.165, 1.54) is 16.5 Å². The minimum absolute atomic E-state index is 0.0553. The first-order valence-corrected chi connectivity index (χ1v) is 7.02. The lowest BCUT2D eigenvalue weighted by Crippen LogP contribution is -2.20. The number of para-hydroxylation sites is 1. The van der Waals surface area contributed by atoms with Crippen molar-refractivity contribution in [1.82, 2.24) is 9.13 Å². The molecule has 0 bridgehead atoms. The summed E-state index contributed by atoms with van der Waals surface area (Å²) in [6.07, 6.45) is 4.97. The summed E-state index contributed by atoms with van der Waals surface area (Å²) in [7, 11) is 0. The van der Waals surface area contributed by atoms with Crippen LogP contribution in [-0.4, -0.2) is 9.13 Å². The van der Waals surface area contributed by atoms with Gasteiger partial charge in [0.25, 0.3) is 5.56 Å². The number of fused-ring (bicyclic) bond motifs is 1. The minimum atomic E-state index is 0.0553. The van der Waals surface area contributed by atoms with Crippen molar-refractivity contribution in [2.45, 2.75) is 26.4 Å². The topological polar surface area (TPSA) is 26.9 Å². The van der Waals surface area contributed by atoms with E-state index in [1.807, 2.05) is 12.3 Å². The summed E-state index contributed by atoms with van der Waals surface area (Å²) in [4.78, 5) is 11.7. The zero-order chi connectivity index (χ0) is 13.9. The van der Waals surface area contributed by atoms with Gasteiger partial charge in [0.15, 0.2) is 0 Å². The molecule has 3 nitrogen and oxygen atoms in total. The molecule has 0 fully saturated rings. The maximum absolute atomic E-state index is 11.7. The first-order valence-electron chi connectivity index (χ1n) is 7.02. The molecule has 0 radical (unpaired) electrons. The van der Waals surface area contributed by atoms with Gasteiger partial charge in [0.05, 0.1) is 5.52 Å². The fourth-order valence-corrected chi connectivity index (χ4v) is 2.67. The molecule has 0 saturated carbocycles. The highest BCUT2D eigenvalue weighted by Crippen LogP contribution is 2.20. The Morgan fingerprint density at radius 1 is 0.900 bits per heavy atom. The average molecular weight is 266 g/mol. The van der Waals surface area contributed by atoms with E-state index in [0.29, 0.717) is 6.54 Å². The van der Waals surface area contributed by atoms with E-state index in [-0.39, 0.29) is 5.56 Å². The summed E-state index contributed by atoms with van der Waals surface area (Å²) in [5.41, 5.74) is 2.70. The fourth-order valence-electron chi connectivity index (χ4n) is 2.67. The molecule has 0 unspecified atom stereocenters. The number of hydrogen-bond acceptors (Lipinski definition) is 1. The van der Waals surface area contributed by atoms with Gasteiger partial charge in [-0.1, -0.05) is 31.2 Å². The van der Waals surface area contributed by atoms with Crippen molar-refractivity contribution in [3.05, 3.63) is 70.8 Å². The van der Waals surface area contributed by atoms with Crippen LogP contribution in [0.2, 0.25) is 0 Å². The Labute approximate surface area is 118 Å². The van der Waals surface area contributed by atoms with Gasteiger partial charge in [-0.3, -0.25) is 4.79 Å². The number of rotatable bonds is 4. The molecule has 0 aliphatic carbocycles. The van der Waals surface area contributed by atoms with Crippen molar-refractivity contribution in [1.29, 1.82) is 0 Å². The van der Waals surface area contributed by atoms with Crippen LogP contribution in [0.25, 0.3) is 10.9 Å². The largest absolute Gasteiger partial charge is 0.345 e. The van der Waals surface area contributed by atoms with E-state index in [0.717, 1.165) is 13.0 Å². The molecular formula is C17H18N2O. The van der Waals surface area contributed by atoms with Crippen molar-refractivity contribution in [3.8, 4) is 0 Å². The molecule has 102 valence electrons. The van der Waals surface area contributed by atoms with Crippen LogP contribution in [0.4, 0.5) is 0 Å². The number of benzene rings is 1. The van der Waals surface area contributed by atoms with Gasteiger partial charge in [0.2, 0.25) is 0 Å². The average Bonchev–Trinajstić information content (AvgIpc) is 2.90. The molecule has 0 N–H and O–H groups in total. The zero-order valence-electron chi connectivity index (χ0n) is 11.6. The molecule has 0 aliphatic heterocycles. The number of nitrogens with zero attached hydrogens (tertiary/aromatic N) is 2. The predicted octanol–water partition coefficient (Wildman–Crippen LogP) is 3.07. The van der Waals surface area contributed by atoms with Crippen molar-refractivity contribution >= 4 is 10.9 Å². The van der Waals surface area contributed by atoms with Crippen LogP contribution >= 0.6 is 0 Å². The van der Waals surface area contributed by atoms with E-state index < -0.39 is 0 Å². The van der Waals surface area contributed by atoms with Gasteiger partial charge in [-0.05, 0) is 29.5 Å². The highest BCUT2D eigenvalue weighted by atomic mass is 16.1. The molecule has 0 spiro atoms. The number of aromatic nitrogens is 2. The Bertz CT molecular complexity index is 783. The summed E-state index contributed by atoms with van der Waals surface area (Å²) in [6, 6.07) is 13.8. The summed E-state index contributed by atoms with van der Waals surface area (Å²) in [5.74, 6) is 0. The standard InChI is InChI=1S/C17H18N2O/c1-2-14-6-5-7-15-9-11-19(17(14)15)13-12-18-10-4-3-8-16(18)20/h3-11H,2,12-13H2,1H3. The van der Waals surface area contributed by atoms with Gasteiger partial charge in [0, 0.05) is 31.5 Å². The highest BCUT2D eigenvalue weighted by Gasteiger charge is 2.05. The molecule has 0 aliphatic rings. The molecule has 20 heavy (non-hydrogen) atoms. The van der Waals surface area contributed by atoms with Crippen LogP contribution in [0.1, 0.15) is 12.5 Å². The van der Waals surface area contributed by atoms with Gasteiger partial charge >= 0.3 is 0 Å². The SMILES string of the molecule is CCc1cccc2ccn(CCn3ccccc3=O)c12. The monoisotopic (exact) mass is 266 g/mol. The molecule has 2 aromatic heterocycles. The van der Waals surface area contributed by atoms with Crippen LogP contribution in [0.15, 0.2) is 59.7 Å². The van der Waals surface area contributed by atoms with Crippen molar-refractivity contribution < 1.29 is 0 Å². The van der Waals surface area contributed by atoms with Crippen LogP contribution in [0.5, 0.6) is 0 Å². The van der Waals surface area contributed by atoms with E-state index in [1.54, 1.807) is 16.7 Å². The molecule has 0 saturated heterocycles. The summed E-state index contributed by atoms with van der Waals surface area (Å²) < 4.78 is 3.99. The van der Waals surface area contributed by atoms with Crippen molar-refractivity contribution in [3.63, 3.8) is 0 Å². The van der Waals surface area contributed by atoms with E-state index >= 15 is 0 Å². The molecule has 1 aromatic carbocycles. The summed E-state index contributed by atoms with van der Waals surface area (Å²) >= 11 is 0. The molecule has 3 aromatic rings.